The maximum absolute atomic E-state index is 12.9. The number of amides is 10. The molecule has 10 amide bonds. The van der Waals surface area contributed by atoms with E-state index in [0.717, 1.165) is 26.0 Å². The van der Waals surface area contributed by atoms with Gasteiger partial charge in [-0.05, 0) is 25.0 Å². The molecule has 0 aromatic carbocycles. The summed E-state index contributed by atoms with van der Waals surface area (Å²) in [5.74, 6) is -6.99. The molecule has 14 N–H and O–H groups in total. The van der Waals surface area contributed by atoms with Gasteiger partial charge >= 0.3 is 48.5 Å². The number of carboxylic acid groups (broad SMARTS) is 2. The van der Waals surface area contributed by atoms with E-state index < -0.39 is 158 Å². The number of nitrogens with two attached hydrogens (primary N) is 2. The number of carboxylic acids is 2. The van der Waals surface area contributed by atoms with Crippen molar-refractivity contribution in [3.8, 4) is 0 Å². The average molecular weight is 1000 g/mol. The molecule has 0 aromatic rings. The van der Waals surface area contributed by atoms with Gasteiger partial charge in [0.25, 0.3) is 0 Å². The Hall–Kier alpha value is -8.48. The second-order valence-corrected chi connectivity index (χ2v) is 15.3. The highest BCUT2D eigenvalue weighted by Gasteiger charge is 2.52. The van der Waals surface area contributed by atoms with Crippen LogP contribution in [-0.4, -0.2) is 183 Å². The van der Waals surface area contributed by atoms with Gasteiger partial charge in [0.1, 0.15) is 13.2 Å². The molecule has 0 aliphatic carbocycles. The lowest BCUT2D eigenvalue weighted by Gasteiger charge is -2.40. The molecule has 32 heteroatoms. The number of aliphatic carboxylic acids is 2. The van der Waals surface area contributed by atoms with Gasteiger partial charge in [0.15, 0.2) is 36.6 Å². The van der Waals surface area contributed by atoms with Crippen LogP contribution in [0.2, 0.25) is 0 Å². The Balaban J connectivity index is 1.19. The van der Waals surface area contributed by atoms with Gasteiger partial charge in [-0.25, -0.2) is 38.4 Å². The van der Waals surface area contributed by atoms with Crippen LogP contribution in [0.25, 0.3) is 0 Å². The molecular formula is C38H52N10O22. The van der Waals surface area contributed by atoms with E-state index in [1.54, 1.807) is 0 Å². The number of alkyl carbamates (subject to hydrolysis) is 2. The summed E-state index contributed by atoms with van der Waals surface area (Å²) in [5, 5.41) is 38.7. The Morgan fingerprint density at radius 2 is 0.943 bits per heavy atom. The third-order valence-electron chi connectivity index (χ3n) is 10.0. The first-order valence-electron chi connectivity index (χ1n) is 21.1. The summed E-state index contributed by atoms with van der Waals surface area (Å²) in [5.41, 5.74) is 10.5. The Morgan fingerprint density at radius 1 is 0.586 bits per heavy atom. The van der Waals surface area contributed by atoms with Crippen molar-refractivity contribution in [2.45, 2.75) is 100 Å². The van der Waals surface area contributed by atoms with E-state index in [9.17, 15) is 67.7 Å². The van der Waals surface area contributed by atoms with Gasteiger partial charge in [0.2, 0.25) is 35.1 Å². The molecule has 0 spiro atoms. The lowest BCUT2D eigenvalue weighted by molar-refractivity contribution is -0.145. The Morgan fingerprint density at radius 3 is 1.24 bits per heavy atom. The number of urea groups is 2. The third kappa shape index (κ3) is 16.7. The molecule has 0 aromatic heterocycles. The smallest absolute Gasteiger partial charge is 0.477 e. The Labute approximate surface area is 394 Å². The fraction of sp³-hybridized carbons (Fsp3) is 0.579. The van der Waals surface area contributed by atoms with Gasteiger partial charge in [-0.1, -0.05) is 0 Å². The van der Waals surface area contributed by atoms with Gasteiger partial charge in [-0.2, -0.15) is 0 Å². The molecule has 0 radical (unpaired) electrons. The molecule has 70 heavy (non-hydrogen) atoms. The number of primary amides is 2. The molecule has 32 nitrogen and oxygen atoms in total. The van der Waals surface area contributed by atoms with Gasteiger partial charge in [-0.15, -0.1) is 0 Å². The Bertz CT molecular complexity index is 1960. The zero-order valence-electron chi connectivity index (χ0n) is 37.2. The molecule has 2 fully saturated rings. The fourth-order valence-corrected chi connectivity index (χ4v) is 7.12. The molecule has 10 atom stereocenters. The van der Waals surface area contributed by atoms with Crippen molar-refractivity contribution >= 4 is 72.1 Å². The first-order chi connectivity index (χ1) is 33.1. The number of carbonyl (C=O) groups excluding carboxylic acids is 10. The van der Waals surface area contributed by atoms with Gasteiger partial charge in [-0.3, -0.25) is 19.2 Å². The van der Waals surface area contributed by atoms with Gasteiger partial charge < -0.3 is 102 Å². The lowest BCUT2D eigenvalue weighted by Crippen LogP contribution is -2.64. The summed E-state index contributed by atoms with van der Waals surface area (Å²) >= 11 is 0. The number of cyclic esters (lactones) is 4. The van der Waals surface area contributed by atoms with E-state index in [1.165, 1.54) is 0 Å². The van der Waals surface area contributed by atoms with Crippen molar-refractivity contribution < 1.29 is 106 Å². The molecule has 0 unspecified atom stereocenters. The topological polar surface area (TPSA) is 467 Å². The number of hydrogen-bond acceptors (Lipinski definition) is 20. The van der Waals surface area contributed by atoms with E-state index in [1.807, 2.05) is 0 Å². The van der Waals surface area contributed by atoms with Crippen molar-refractivity contribution in [2.75, 3.05) is 39.4 Å². The van der Waals surface area contributed by atoms with Crippen LogP contribution in [0.15, 0.2) is 23.7 Å². The second-order valence-electron chi connectivity index (χ2n) is 15.3. The largest absolute Gasteiger partial charge is 0.508 e. The van der Waals surface area contributed by atoms with Crippen molar-refractivity contribution in [1.29, 1.82) is 0 Å². The number of ether oxygens (including phenoxy) is 8. The van der Waals surface area contributed by atoms with E-state index in [-0.39, 0.29) is 51.9 Å². The zero-order valence-corrected chi connectivity index (χ0v) is 37.2. The van der Waals surface area contributed by atoms with Crippen LogP contribution in [-0.2, 0) is 66.7 Å². The maximum atomic E-state index is 12.9. The highest BCUT2D eigenvalue weighted by molar-refractivity contribution is 5.86. The highest BCUT2D eigenvalue weighted by atomic mass is 16.8. The van der Waals surface area contributed by atoms with E-state index in [2.05, 4.69) is 42.5 Å². The zero-order chi connectivity index (χ0) is 51.7. The molecule has 4 aliphatic heterocycles. The second kappa shape index (κ2) is 25.6. The minimum Gasteiger partial charge on any atom is -0.477 e. The van der Waals surface area contributed by atoms with Crippen molar-refractivity contribution in [1.82, 2.24) is 42.5 Å². The van der Waals surface area contributed by atoms with Crippen LogP contribution in [0.5, 0.6) is 0 Å². The van der Waals surface area contributed by atoms with Gasteiger partial charge in [0, 0.05) is 52.9 Å². The summed E-state index contributed by atoms with van der Waals surface area (Å²) in [4.78, 5) is 146. The molecule has 2 saturated heterocycles. The fourth-order valence-electron chi connectivity index (χ4n) is 7.12. The minimum absolute atomic E-state index is 0.0175. The predicted molar refractivity (Wildman–Crippen MR) is 223 cm³/mol. The van der Waals surface area contributed by atoms with Crippen molar-refractivity contribution in [2.24, 2.45) is 11.5 Å². The predicted octanol–water partition coefficient (Wildman–Crippen LogP) is -4.14. The number of hydrogen-bond donors (Lipinski definition) is 12. The SMILES string of the molecule is CC(=O)N[C@H]1[C@H]([C@H](OC(=O)NCCCNC(=O)CCC(=O)NCCCNC(=O)O[C@@H]([C@@H]2OC(C(=O)O)=C[C@H](NC(N)=O)[C@H]2NC(C)=O)[C@H]2COC(=O)O2)[C@H]2COC(=O)O2)OC(C(=O)O)=C[C@@H]1NC(N)=O. The number of carbonyl (C=O) groups is 12. The van der Waals surface area contributed by atoms with Crippen LogP contribution in [0, 0.1) is 0 Å². The summed E-state index contributed by atoms with van der Waals surface area (Å²) in [6.07, 6.45) is -12.0. The highest BCUT2D eigenvalue weighted by Crippen LogP contribution is 2.29. The third-order valence-corrected chi connectivity index (χ3v) is 10.0. The molecule has 0 saturated carbocycles. The molecule has 4 heterocycles. The van der Waals surface area contributed by atoms with Crippen molar-refractivity contribution in [3.63, 3.8) is 0 Å². The summed E-state index contributed by atoms with van der Waals surface area (Å²) < 4.78 is 41.9. The molecular weight excluding hydrogens is 948 g/mol. The molecule has 0 bridgehead atoms. The quantitative estimate of drug-likeness (QED) is 0.0263. The minimum atomic E-state index is -1.63. The van der Waals surface area contributed by atoms with Crippen LogP contribution in [0.1, 0.15) is 39.5 Å². The lowest BCUT2D eigenvalue weighted by atomic mass is 9.91. The average Bonchev–Trinajstić information content (AvgIpc) is 3.91. The van der Waals surface area contributed by atoms with Crippen LogP contribution >= 0.6 is 0 Å². The standard InChI is InChI=1S/C38H52N10O22/c1-15(49)45-25-17(47-33(39)57)11-19(31(53)54)65-29(25)27(21-13-63-37(61)67-21)69-35(59)43-9-3-7-41-23(51)5-6-24(52)42-8-4-10-44-36(60)70-28(22-14-64-38(62)68-22)30-26(46-16(2)50)18(48-34(40)58)12-20(66-30)32(55)56/h11-12,17-18,21-22,25-30H,3-10,13-14H2,1-2H3,(H,41,51)(H,42,52)(H,43,59)(H,44,60)(H,45,49)(H,46,50)(H,53,54)(H,55,56)(H3,39,47,57)(H3,40,48,58)/t17-,18-,21+,22+,25+,26+,27+,28+,29+,30+/m0/s1. The number of rotatable bonds is 23. The van der Waals surface area contributed by atoms with E-state index in [4.69, 9.17) is 49.4 Å². The molecule has 4 rings (SSSR count). The van der Waals surface area contributed by atoms with Crippen molar-refractivity contribution in [3.05, 3.63) is 23.7 Å². The van der Waals surface area contributed by atoms with Crippen LogP contribution in [0.4, 0.5) is 28.8 Å². The number of nitrogens with one attached hydrogen (secondary N) is 8. The molecule has 386 valence electrons. The maximum Gasteiger partial charge on any atom is 0.508 e. The summed E-state index contributed by atoms with van der Waals surface area (Å²) in [6.45, 7) is 1.11. The first kappa shape index (κ1) is 54.1. The molecule has 4 aliphatic rings. The Kier molecular flexibility index (Phi) is 19.8. The summed E-state index contributed by atoms with van der Waals surface area (Å²) in [7, 11) is 0. The normalized spacial score (nSPS) is 24.1. The van der Waals surface area contributed by atoms with E-state index in [0.29, 0.717) is 0 Å². The summed E-state index contributed by atoms with van der Waals surface area (Å²) in [6, 6.07) is -7.40. The van der Waals surface area contributed by atoms with Crippen LogP contribution in [0.3, 0.4) is 0 Å². The van der Waals surface area contributed by atoms with Gasteiger partial charge in [0.05, 0.1) is 24.2 Å². The monoisotopic (exact) mass is 1000 g/mol. The van der Waals surface area contributed by atoms with Crippen LogP contribution < -0.4 is 54.0 Å². The van der Waals surface area contributed by atoms with E-state index >= 15 is 0 Å². The first-order valence-corrected chi connectivity index (χ1v) is 21.1.